The summed E-state index contributed by atoms with van der Waals surface area (Å²) in [7, 11) is 0. The van der Waals surface area contributed by atoms with Crippen LogP contribution in [-0.4, -0.2) is 89.5 Å². The molecule has 1 saturated heterocycles. The van der Waals surface area contributed by atoms with Crippen LogP contribution in [0.25, 0.3) is 0 Å². The van der Waals surface area contributed by atoms with Crippen molar-refractivity contribution in [2.24, 2.45) is 5.92 Å². The number of nitrogens with one attached hydrogen (secondary N) is 2. The Morgan fingerprint density at radius 3 is 2.38 bits per heavy atom. The van der Waals surface area contributed by atoms with Gasteiger partial charge in [-0.15, -0.1) is 0 Å². The van der Waals surface area contributed by atoms with Gasteiger partial charge in [0, 0.05) is 37.5 Å². The zero-order chi connectivity index (χ0) is 35.5. The van der Waals surface area contributed by atoms with Gasteiger partial charge in [0.05, 0.1) is 31.4 Å². The standard InChI is InChI=1S/C39H51N3O7S/c1-39(2,3)49-38(45)41-34(26-28-9-5-4-6-10-28)35(43)27-30(37(44)40-33-17-24-50(46)36-12-8-7-11-32(33)36)25-29-13-15-31(16-14-29)48-23-20-42-18-21-47-22-19-42/h4-16,30,33-35,43H,17-27H2,1-3H3,(H,40,44)(H,41,45)/t30?,33-,34?,35?,50?/m1/s1. The first kappa shape index (κ1) is 37.6. The smallest absolute Gasteiger partial charge is 0.407 e. The van der Waals surface area contributed by atoms with Crippen LogP contribution in [0.4, 0.5) is 4.79 Å². The summed E-state index contributed by atoms with van der Waals surface area (Å²) in [6.45, 7) is 10.0. The predicted molar refractivity (Wildman–Crippen MR) is 194 cm³/mol. The molecule has 0 saturated carbocycles. The highest BCUT2D eigenvalue weighted by molar-refractivity contribution is 7.91. The van der Waals surface area contributed by atoms with Crippen LogP contribution in [0.3, 0.4) is 0 Å². The van der Waals surface area contributed by atoms with Gasteiger partial charge in [-0.05, 0) is 80.5 Å². The van der Waals surface area contributed by atoms with Crippen LogP contribution in [0.15, 0.2) is 83.8 Å². The van der Waals surface area contributed by atoms with E-state index in [1.807, 2.05) is 78.9 Å². The molecule has 0 aliphatic carbocycles. The fourth-order valence-corrected chi connectivity index (χ4v) is 7.75. The number of ether oxygens (including phenoxy) is 3. The largest absolute Gasteiger partial charge is 0.611 e. The normalized spacial score (nSPS) is 19.8. The molecule has 0 spiro atoms. The molecule has 270 valence electrons. The second-order valence-electron chi connectivity index (χ2n) is 14.0. The maximum absolute atomic E-state index is 14.1. The minimum Gasteiger partial charge on any atom is -0.611 e. The summed E-state index contributed by atoms with van der Waals surface area (Å²) >= 11 is -1.11. The topological polar surface area (TPSA) is 132 Å². The molecule has 3 aromatic carbocycles. The van der Waals surface area contributed by atoms with Crippen molar-refractivity contribution in [3.8, 4) is 5.75 Å². The van der Waals surface area contributed by atoms with E-state index in [1.165, 1.54) is 0 Å². The van der Waals surface area contributed by atoms with Crippen molar-refractivity contribution < 1.29 is 33.5 Å². The minimum atomic E-state index is -1.11. The zero-order valence-corrected chi connectivity index (χ0v) is 30.2. The van der Waals surface area contributed by atoms with E-state index >= 15 is 0 Å². The Balaban J connectivity index is 1.31. The molecule has 5 atom stereocenters. The number of rotatable bonds is 14. The zero-order valence-electron chi connectivity index (χ0n) is 29.3. The number of carbonyl (C=O) groups is 2. The second kappa shape index (κ2) is 18.1. The Labute approximate surface area is 299 Å². The lowest BCUT2D eigenvalue weighted by Gasteiger charge is -2.31. The van der Waals surface area contributed by atoms with E-state index in [-0.39, 0.29) is 18.4 Å². The molecular formula is C39H51N3O7S. The van der Waals surface area contributed by atoms with E-state index in [0.29, 0.717) is 31.6 Å². The van der Waals surface area contributed by atoms with E-state index in [2.05, 4.69) is 15.5 Å². The van der Waals surface area contributed by atoms with Crippen LogP contribution >= 0.6 is 0 Å². The fourth-order valence-electron chi connectivity index (χ4n) is 6.38. The van der Waals surface area contributed by atoms with Gasteiger partial charge in [0.2, 0.25) is 5.91 Å². The summed E-state index contributed by atoms with van der Waals surface area (Å²) in [5, 5.41) is 17.8. The van der Waals surface area contributed by atoms with Gasteiger partial charge in [-0.25, -0.2) is 4.79 Å². The van der Waals surface area contributed by atoms with Crippen molar-refractivity contribution in [2.75, 3.05) is 45.2 Å². The van der Waals surface area contributed by atoms with Crippen molar-refractivity contribution in [1.82, 2.24) is 15.5 Å². The molecule has 0 bridgehead atoms. The Kier molecular flexibility index (Phi) is 13.6. The van der Waals surface area contributed by atoms with Gasteiger partial charge in [-0.1, -0.05) is 60.7 Å². The number of alkyl carbamates (subject to hydrolysis) is 1. The lowest BCUT2D eigenvalue weighted by Crippen LogP contribution is -2.48. The first-order chi connectivity index (χ1) is 24.0. The summed E-state index contributed by atoms with van der Waals surface area (Å²) in [6.07, 6.45) is -0.327. The van der Waals surface area contributed by atoms with E-state index < -0.39 is 40.9 Å². The number of morpholine rings is 1. The average molecular weight is 706 g/mol. The predicted octanol–water partition coefficient (Wildman–Crippen LogP) is 4.81. The average Bonchev–Trinajstić information content (AvgIpc) is 3.10. The van der Waals surface area contributed by atoms with E-state index in [0.717, 1.165) is 60.2 Å². The number of aliphatic hydroxyl groups excluding tert-OH is 1. The Morgan fingerprint density at radius 2 is 1.66 bits per heavy atom. The number of carbonyl (C=O) groups excluding carboxylic acids is 2. The Morgan fingerprint density at radius 1 is 0.980 bits per heavy atom. The summed E-state index contributed by atoms with van der Waals surface area (Å²) < 4.78 is 29.7. The summed E-state index contributed by atoms with van der Waals surface area (Å²) in [5.74, 6) is 0.370. The van der Waals surface area contributed by atoms with Gasteiger partial charge in [-0.3, -0.25) is 9.69 Å². The molecule has 5 rings (SSSR count). The summed E-state index contributed by atoms with van der Waals surface area (Å²) in [6, 6.07) is 23.9. The van der Waals surface area contributed by atoms with Gasteiger partial charge in [0.15, 0.2) is 4.90 Å². The third-order valence-electron chi connectivity index (χ3n) is 9.00. The highest BCUT2D eigenvalue weighted by atomic mass is 32.2. The third-order valence-corrected chi connectivity index (χ3v) is 10.5. The first-order valence-corrected chi connectivity index (χ1v) is 18.9. The Hall–Kier alpha value is -3.61. The lowest BCUT2D eigenvalue weighted by atomic mass is 9.88. The van der Waals surface area contributed by atoms with E-state index in [1.54, 1.807) is 20.8 Å². The Bertz CT molecular complexity index is 1510. The molecule has 50 heavy (non-hydrogen) atoms. The molecule has 1 fully saturated rings. The summed E-state index contributed by atoms with van der Waals surface area (Å²) in [5.41, 5.74) is 2.00. The van der Waals surface area contributed by atoms with Gasteiger partial charge < -0.3 is 34.5 Å². The van der Waals surface area contributed by atoms with Gasteiger partial charge in [-0.2, -0.15) is 0 Å². The number of benzene rings is 3. The highest BCUT2D eigenvalue weighted by Gasteiger charge is 2.34. The monoisotopic (exact) mass is 705 g/mol. The third kappa shape index (κ3) is 11.5. The molecule has 11 heteroatoms. The molecule has 2 heterocycles. The van der Waals surface area contributed by atoms with E-state index in [4.69, 9.17) is 14.2 Å². The SMILES string of the molecule is CC(C)(C)OC(=O)NC(Cc1ccccc1)C(O)CC(Cc1ccc(OCCN2CCOCC2)cc1)C(=O)N[C@@H]1CC[S+]([O-])c2ccccc21. The first-order valence-electron chi connectivity index (χ1n) is 17.5. The van der Waals surface area contributed by atoms with Crippen molar-refractivity contribution in [3.63, 3.8) is 0 Å². The number of nitrogens with zero attached hydrogens (tertiary/aromatic N) is 1. The highest BCUT2D eigenvalue weighted by Crippen LogP contribution is 2.32. The second-order valence-corrected chi connectivity index (χ2v) is 15.6. The van der Waals surface area contributed by atoms with E-state index in [9.17, 15) is 19.2 Å². The molecule has 0 aromatic heterocycles. The number of hydrogen-bond donors (Lipinski definition) is 3. The van der Waals surface area contributed by atoms with Crippen LogP contribution < -0.4 is 15.4 Å². The van der Waals surface area contributed by atoms with Gasteiger partial charge in [0.25, 0.3) is 0 Å². The van der Waals surface area contributed by atoms with Crippen molar-refractivity contribution >= 4 is 23.2 Å². The molecule has 4 unspecified atom stereocenters. The fraction of sp³-hybridized carbons (Fsp3) is 0.487. The maximum Gasteiger partial charge on any atom is 0.407 e. The van der Waals surface area contributed by atoms with Gasteiger partial charge >= 0.3 is 6.09 Å². The van der Waals surface area contributed by atoms with Crippen LogP contribution in [-0.2, 0) is 38.3 Å². The molecule has 10 nitrogen and oxygen atoms in total. The molecule has 0 radical (unpaired) electrons. The molecule has 3 aromatic rings. The molecule has 3 N–H and O–H groups in total. The van der Waals surface area contributed by atoms with Crippen molar-refractivity contribution in [2.45, 2.75) is 75.1 Å². The van der Waals surface area contributed by atoms with Crippen molar-refractivity contribution in [3.05, 3.63) is 95.6 Å². The number of amides is 2. The number of fused-ring (bicyclic) bond motifs is 1. The van der Waals surface area contributed by atoms with Crippen LogP contribution in [0, 0.1) is 5.92 Å². The number of hydrogen-bond acceptors (Lipinski definition) is 8. The van der Waals surface area contributed by atoms with Crippen molar-refractivity contribution in [1.29, 1.82) is 0 Å². The minimum absolute atomic E-state index is 0.0945. The number of aliphatic hydroxyl groups is 1. The molecule has 2 aliphatic heterocycles. The maximum atomic E-state index is 14.1. The molecule has 2 aliphatic rings. The summed E-state index contributed by atoms with van der Waals surface area (Å²) in [4.78, 5) is 30.1. The molecule has 2 amide bonds. The van der Waals surface area contributed by atoms with Crippen LogP contribution in [0.5, 0.6) is 5.75 Å². The molecular weight excluding hydrogens is 655 g/mol. The van der Waals surface area contributed by atoms with Crippen LogP contribution in [0.2, 0.25) is 0 Å². The lowest BCUT2D eigenvalue weighted by molar-refractivity contribution is -0.127. The van der Waals surface area contributed by atoms with Crippen LogP contribution in [0.1, 0.15) is 56.3 Å². The van der Waals surface area contributed by atoms with Gasteiger partial charge in [0.1, 0.15) is 23.7 Å². The quantitative estimate of drug-likeness (QED) is 0.204.